The van der Waals surface area contributed by atoms with Gasteiger partial charge in [0.15, 0.2) is 11.5 Å². The maximum Gasteiger partial charge on any atom is 0.260 e. The van der Waals surface area contributed by atoms with Gasteiger partial charge in [-0.25, -0.2) is 0 Å². The molecule has 0 aliphatic carbocycles. The molecule has 0 atom stereocenters. The fraction of sp³-hybridized carbons (Fsp3) is 0.333. The second kappa shape index (κ2) is 10.8. The van der Waals surface area contributed by atoms with Crippen LogP contribution in [0.15, 0.2) is 42.5 Å². The molecule has 1 N–H and O–H groups in total. The van der Waals surface area contributed by atoms with Crippen LogP contribution in [-0.4, -0.2) is 51.1 Å². The van der Waals surface area contributed by atoms with E-state index in [2.05, 4.69) is 5.32 Å². The summed E-state index contributed by atoms with van der Waals surface area (Å²) in [6.07, 6.45) is 3.11. The third kappa shape index (κ3) is 4.98. The lowest BCUT2D eigenvalue weighted by molar-refractivity contribution is 0.0725. The quantitative estimate of drug-likeness (QED) is 0.461. The van der Waals surface area contributed by atoms with Crippen molar-refractivity contribution >= 4 is 28.2 Å². The van der Waals surface area contributed by atoms with Crippen molar-refractivity contribution < 1.29 is 23.8 Å². The van der Waals surface area contributed by atoms with E-state index in [-0.39, 0.29) is 11.5 Å². The van der Waals surface area contributed by atoms with Crippen LogP contribution in [0.4, 0.5) is 5.00 Å². The molecule has 1 saturated heterocycles. The lowest BCUT2D eigenvalue weighted by Crippen LogP contribution is -2.36. The first kappa shape index (κ1) is 24.6. The van der Waals surface area contributed by atoms with E-state index >= 15 is 0 Å². The minimum atomic E-state index is -0.392. The van der Waals surface area contributed by atoms with E-state index in [4.69, 9.17) is 14.2 Å². The van der Waals surface area contributed by atoms with Crippen molar-refractivity contribution in [2.45, 2.75) is 26.2 Å². The second-order valence-electron chi connectivity index (χ2n) is 8.34. The molecule has 184 valence electrons. The predicted molar refractivity (Wildman–Crippen MR) is 138 cm³/mol. The second-order valence-corrected chi connectivity index (χ2v) is 9.36. The highest BCUT2D eigenvalue weighted by Gasteiger charge is 2.28. The zero-order valence-corrected chi connectivity index (χ0v) is 21.3. The van der Waals surface area contributed by atoms with E-state index in [1.54, 1.807) is 12.1 Å². The number of hydrogen-bond donors (Lipinski definition) is 1. The van der Waals surface area contributed by atoms with E-state index in [0.29, 0.717) is 27.8 Å². The van der Waals surface area contributed by atoms with Gasteiger partial charge in [0.25, 0.3) is 11.8 Å². The molecule has 1 aliphatic rings. The monoisotopic (exact) mass is 494 g/mol. The standard InChI is InChI=1S/C27H30N2O5S/c1-17-23(27(31)29-13-9-6-10-14-29)26(35-24(17)18-11-7-5-8-12-18)28-25(30)19-15-21(33-3)22(34-4)16-20(19)32-2/h5,7-8,11-12,15-16H,6,9-10,13-14H2,1-4H3,(H,28,30). The van der Waals surface area contributed by atoms with E-state index in [1.807, 2.05) is 42.2 Å². The number of nitrogens with zero attached hydrogens (tertiary/aromatic N) is 1. The molecule has 3 aromatic rings. The lowest BCUT2D eigenvalue weighted by atomic mass is 10.0. The smallest absolute Gasteiger partial charge is 0.260 e. The van der Waals surface area contributed by atoms with Gasteiger partial charge in [0.1, 0.15) is 10.8 Å². The number of rotatable bonds is 7. The number of carbonyl (C=O) groups is 2. The third-order valence-corrected chi connectivity index (χ3v) is 7.47. The van der Waals surface area contributed by atoms with Gasteiger partial charge in [-0.15, -0.1) is 11.3 Å². The molecule has 1 aliphatic heterocycles. The van der Waals surface area contributed by atoms with Crippen molar-refractivity contribution in [3.8, 4) is 27.7 Å². The Balaban J connectivity index is 1.76. The number of piperidine rings is 1. The summed E-state index contributed by atoms with van der Waals surface area (Å²) in [7, 11) is 4.53. The summed E-state index contributed by atoms with van der Waals surface area (Å²) in [5.41, 5.74) is 2.70. The molecule has 4 rings (SSSR count). The van der Waals surface area contributed by atoms with Gasteiger partial charge in [0.2, 0.25) is 0 Å². The van der Waals surface area contributed by atoms with Crippen LogP contribution in [0.5, 0.6) is 17.2 Å². The van der Waals surface area contributed by atoms with Crippen LogP contribution in [0.3, 0.4) is 0 Å². The SMILES string of the molecule is COc1cc(OC)c(C(=O)Nc2sc(-c3ccccc3)c(C)c2C(=O)N2CCCCC2)cc1OC. The number of nitrogens with one attached hydrogen (secondary N) is 1. The van der Waals surface area contributed by atoms with Crippen molar-refractivity contribution in [2.24, 2.45) is 0 Å². The van der Waals surface area contributed by atoms with Gasteiger partial charge in [0, 0.05) is 30.1 Å². The van der Waals surface area contributed by atoms with Gasteiger partial charge in [-0.3, -0.25) is 9.59 Å². The summed E-state index contributed by atoms with van der Waals surface area (Å²) in [5, 5.41) is 3.52. The maximum absolute atomic E-state index is 13.6. The van der Waals surface area contributed by atoms with Crippen LogP contribution in [-0.2, 0) is 0 Å². The van der Waals surface area contributed by atoms with Gasteiger partial charge < -0.3 is 24.4 Å². The number of anilines is 1. The van der Waals surface area contributed by atoms with Gasteiger partial charge in [-0.05, 0) is 37.3 Å². The van der Waals surface area contributed by atoms with Crippen LogP contribution in [0, 0.1) is 6.92 Å². The Hall–Kier alpha value is -3.52. The minimum Gasteiger partial charge on any atom is -0.496 e. The molecule has 2 aromatic carbocycles. The third-order valence-electron chi connectivity index (χ3n) is 6.22. The molecule has 2 amide bonds. The summed E-state index contributed by atoms with van der Waals surface area (Å²) in [5.74, 6) is 0.780. The highest BCUT2D eigenvalue weighted by molar-refractivity contribution is 7.20. The first-order valence-corrected chi connectivity index (χ1v) is 12.4. The van der Waals surface area contributed by atoms with Gasteiger partial charge in [0.05, 0.1) is 32.5 Å². The normalized spacial score (nSPS) is 13.3. The summed E-state index contributed by atoms with van der Waals surface area (Å²) in [4.78, 5) is 29.9. The summed E-state index contributed by atoms with van der Waals surface area (Å²) in [6, 6.07) is 13.1. The Morgan fingerprint density at radius 2 is 1.51 bits per heavy atom. The van der Waals surface area contributed by atoms with Crippen LogP contribution >= 0.6 is 11.3 Å². The number of thiophene rings is 1. The molecule has 8 heteroatoms. The molecular formula is C27H30N2O5S. The Bertz CT molecular complexity index is 1220. The highest BCUT2D eigenvalue weighted by atomic mass is 32.1. The first-order valence-electron chi connectivity index (χ1n) is 11.6. The predicted octanol–water partition coefficient (Wildman–Crippen LogP) is 5.63. The van der Waals surface area contributed by atoms with E-state index in [9.17, 15) is 9.59 Å². The van der Waals surface area contributed by atoms with Crippen LogP contribution in [0.25, 0.3) is 10.4 Å². The van der Waals surface area contributed by atoms with Gasteiger partial charge in [-0.1, -0.05) is 30.3 Å². The molecule has 2 heterocycles. The average molecular weight is 495 g/mol. The highest BCUT2D eigenvalue weighted by Crippen LogP contribution is 2.42. The molecule has 0 spiro atoms. The fourth-order valence-electron chi connectivity index (χ4n) is 4.36. The number of hydrogen-bond acceptors (Lipinski definition) is 6. The van der Waals surface area contributed by atoms with Crippen molar-refractivity contribution in [1.82, 2.24) is 4.90 Å². The number of ether oxygens (including phenoxy) is 3. The number of benzene rings is 2. The number of carbonyl (C=O) groups excluding carboxylic acids is 2. The zero-order valence-electron chi connectivity index (χ0n) is 20.5. The van der Waals surface area contributed by atoms with E-state index in [0.717, 1.165) is 48.4 Å². The average Bonchev–Trinajstić information content (AvgIpc) is 3.23. The van der Waals surface area contributed by atoms with Crippen molar-refractivity contribution in [1.29, 1.82) is 0 Å². The van der Waals surface area contributed by atoms with Crippen LogP contribution < -0.4 is 19.5 Å². The largest absolute Gasteiger partial charge is 0.496 e. The first-order chi connectivity index (χ1) is 17.0. The Kier molecular flexibility index (Phi) is 7.60. The maximum atomic E-state index is 13.6. The number of likely N-dealkylation sites (tertiary alicyclic amines) is 1. The number of methoxy groups -OCH3 is 3. The van der Waals surface area contributed by atoms with Crippen LogP contribution in [0.2, 0.25) is 0 Å². The molecule has 1 aromatic heterocycles. The Morgan fingerprint density at radius 3 is 2.14 bits per heavy atom. The van der Waals surface area contributed by atoms with Crippen LogP contribution in [0.1, 0.15) is 45.5 Å². The summed E-state index contributed by atoms with van der Waals surface area (Å²) in [6.45, 7) is 3.40. The minimum absolute atomic E-state index is 0.0461. The lowest BCUT2D eigenvalue weighted by Gasteiger charge is -2.27. The molecule has 0 saturated carbocycles. The Labute approximate surface area is 209 Å². The summed E-state index contributed by atoms with van der Waals surface area (Å²) < 4.78 is 16.2. The van der Waals surface area contributed by atoms with Gasteiger partial charge >= 0.3 is 0 Å². The molecule has 1 fully saturated rings. The molecule has 0 radical (unpaired) electrons. The molecule has 0 bridgehead atoms. The summed E-state index contributed by atoms with van der Waals surface area (Å²) >= 11 is 1.41. The Morgan fingerprint density at radius 1 is 0.886 bits per heavy atom. The fourth-order valence-corrected chi connectivity index (χ4v) is 5.56. The van der Waals surface area contributed by atoms with Crippen molar-refractivity contribution in [3.05, 3.63) is 59.2 Å². The topological polar surface area (TPSA) is 77.1 Å². The molecule has 0 unspecified atom stereocenters. The van der Waals surface area contributed by atoms with E-state index in [1.165, 1.54) is 32.7 Å². The van der Waals surface area contributed by atoms with Gasteiger partial charge in [-0.2, -0.15) is 0 Å². The molecule has 7 nitrogen and oxygen atoms in total. The van der Waals surface area contributed by atoms with E-state index < -0.39 is 5.91 Å². The zero-order chi connectivity index (χ0) is 24.9. The van der Waals surface area contributed by atoms with Crippen molar-refractivity contribution in [3.63, 3.8) is 0 Å². The molecule has 35 heavy (non-hydrogen) atoms. The van der Waals surface area contributed by atoms with Crippen molar-refractivity contribution in [2.75, 3.05) is 39.7 Å². The number of amides is 2. The molecular weight excluding hydrogens is 464 g/mol.